The third-order valence-corrected chi connectivity index (χ3v) is 2.45. The first-order valence-corrected chi connectivity index (χ1v) is 4.95. The van der Waals surface area contributed by atoms with Gasteiger partial charge in [0.1, 0.15) is 5.82 Å². The van der Waals surface area contributed by atoms with E-state index in [2.05, 4.69) is 27.6 Å². The normalized spacial score (nSPS) is 11.0. The second-order valence-electron chi connectivity index (χ2n) is 3.48. The smallest absolute Gasteiger partial charge is 0.110 e. The molecule has 2 N–H and O–H groups in total. The molecular weight excluding hydrogens is 174 g/mol. The van der Waals surface area contributed by atoms with Crippen molar-refractivity contribution < 1.29 is 0 Å². The predicted molar refractivity (Wildman–Crippen MR) is 57.3 cm³/mol. The van der Waals surface area contributed by atoms with Crippen LogP contribution in [0.3, 0.4) is 0 Å². The topological polar surface area (TPSA) is 43.3 Å². The van der Waals surface area contributed by atoms with E-state index in [1.807, 2.05) is 13.1 Å². The van der Waals surface area contributed by atoms with Crippen molar-refractivity contribution >= 4 is 5.52 Å². The molecule has 0 radical (unpaired) electrons. The summed E-state index contributed by atoms with van der Waals surface area (Å²) in [6, 6.07) is 6.28. The van der Waals surface area contributed by atoms with Crippen molar-refractivity contribution in [2.75, 3.05) is 6.54 Å². The Morgan fingerprint density at radius 2 is 2.29 bits per heavy atom. The maximum Gasteiger partial charge on any atom is 0.110 e. The largest absolute Gasteiger partial charge is 0.330 e. The van der Waals surface area contributed by atoms with E-state index in [-0.39, 0.29) is 0 Å². The van der Waals surface area contributed by atoms with Crippen LogP contribution < -0.4 is 5.73 Å². The van der Waals surface area contributed by atoms with Crippen LogP contribution in [0.25, 0.3) is 5.52 Å². The Bertz CT molecular complexity index is 431. The molecule has 0 saturated carbocycles. The second-order valence-corrected chi connectivity index (χ2v) is 3.48. The lowest BCUT2D eigenvalue weighted by Crippen LogP contribution is -2.04. The van der Waals surface area contributed by atoms with Crippen LogP contribution >= 0.6 is 0 Å². The average Bonchev–Trinajstić information content (AvgIpc) is 2.58. The van der Waals surface area contributed by atoms with Crippen LogP contribution in [0.2, 0.25) is 0 Å². The van der Waals surface area contributed by atoms with Crippen molar-refractivity contribution in [2.45, 2.75) is 19.8 Å². The molecule has 14 heavy (non-hydrogen) atoms. The second kappa shape index (κ2) is 3.80. The summed E-state index contributed by atoms with van der Waals surface area (Å²) < 4.78 is 2.19. The van der Waals surface area contributed by atoms with Gasteiger partial charge in [0, 0.05) is 5.69 Å². The van der Waals surface area contributed by atoms with Crippen LogP contribution in [0.4, 0.5) is 0 Å². The lowest BCUT2D eigenvalue weighted by Gasteiger charge is -2.05. The van der Waals surface area contributed by atoms with E-state index in [4.69, 9.17) is 5.73 Å². The third-order valence-electron chi connectivity index (χ3n) is 2.45. The van der Waals surface area contributed by atoms with Crippen molar-refractivity contribution in [3.8, 4) is 0 Å². The van der Waals surface area contributed by atoms with E-state index in [9.17, 15) is 0 Å². The lowest BCUT2D eigenvalue weighted by molar-refractivity contribution is 0.789. The Morgan fingerprint density at radius 3 is 3.07 bits per heavy atom. The van der Waals surface area contributed by atoms with Crippen molar-refractivity contribution in [2.24, 2.45) is 5.73 Å². The fourth-order valence-corrected chi connectivity index (χ4v) is 1.76. The van der Waals surface area contributed by atoms with Crippen LogP contribution in [0, 0.1) is 6.92 Å². The summed E-state index contributed by atoms with van der Waals surface area (Å²) in [5, 5.41) is 0. The average molecular weight is 189 g/mol. The number of nitrogens with two attached hydrogens (primary N) is 1. The van der Waals surface area contributed by atoms with Gasteiger partial charge in [-0.05, 0) is 38.4 Å². The van der Waals surface area contributed by atoms with Crippen molar-refractivity contribution in [1.29, 1.82) is 0 Å². The molecule has 0 atom stereocenters. The number of rotatable bonds is 3. The molecule has 0 aliphatic heterocycles. The summed E-state index contributed by atoms with van der Waals surface area (Å²) in [7, 11) is 0. The molecule has 0 aliphatic rings. The van der Waals surface area contributed by atoms with Crippen molar-refractivity contribution in [3.63, 3.8) is 0 Å². The zero-order chi connectivity index (χ0) is 9.97. The van der Waals surface area contributed by atoms with E-state index >= 15 is 0 Å². The lowest BCUT2D eigenvalue weighted by atomic mass is 10.2. The molecule has 3 heteroatoms. The summed E-state index contributed by atoms with van der Waals surface area (Å²) in [4.78, 5) is 4.30. The Kier molecular flexibility index (Phi) is 2.50. The molecule has 2 rings (SSSR count). The van der Waals surface area contributed by atoms with E-state index < -0.39 is 0 Å². The molecule has 2 aromatic heterocycles. The molecule has 0 unspecified atom stereocenters. The highest BCUT2D eigenvalue weighted by atomic mass is 15.0. The number of nitrogens with zero attached hydrogens (tertiary/aromatic N) is 2. The summed E-state index contributed by atoms with van der Waals surface area (Å²) in [6.07, 6.45) is 3.95. The monoisotopic (exact) mass is 189 g/mol. The Morgan fingerprint density at radius 1 is 1.43 bits per heavy atom. The first-order valence-electron chi connectivity index (χ1n) is 4.95. The van der Waals surface area contributed by atoms with E-state index in [0.717, 1.165) is 30.7 Å². The molecule has 0 aliphatic carbocycles. The summed E-state index contributed by atoms with van der Waals surface area (Å²) in [5.74, 6) is 1.05. The molecule has 0 aromatic carbocycles. The first kappa shape index (κ1) is 9.21. The zero-order valence-electron chi connectivity index (χ0n) is 8.40. The van der Waals surface area contributed by atoms with Gasteiger partial charge in [-0.3, -0.25) is 0 Å². The van der Waals surface area contributed by atoms with Gasteiger partial charge in [0.2, 0.25) is 0 Å². The molecule has 0 spiro atoms. The van der Waals surface area contributed by atoms with Gasteiger partial charge in [-0.1, -0.05) is 6.07 Å². The molecular formula is C11H15N3. The molecule has 74 valence electrons. The highest BCUT2D eigenvalue weighted by molar-refractivity contribution is 5.47. The summed E-state index contributed by atoms with van der Waals surface area (Å²) in [6.45, 7) is 2.77. The quantitative estimate of drug-likeness (QED) is 0.795. The molecule has 0 bridgehead atoms. The van der Waals surface area contributed by atoms with Crippen LogP contribution in [0.1, 0.15) is 17.9 Å². The van der Waals surface area contributed by atoms with E-state index in [1.165, 1.54) is 5.69 Å². The number of aryl methyl sites for hydroxylation is 2. The molecule has 2 heterocycles. The predicted octanol–water partition coefficient (Wildman–Crippen LogP) is 1.53. The van der Waals surface area contributed by atoms with Crippen LogP contribution in [0.15, 0.2) is 24.4 Å². The number of hydrogen-bond donors (Lipinski definition) is 1. The van der Waals surface area contributed by atoms with Gasteiger partial charge in [-0.2, -0.15) is 0 Å². The Hall–Kier alpha value is -1.35. The standard InChI is InChI=1S/C11H15N3/c1-9-13-8-11-5-2-4-10(14(9)11)6-3-7-12/h2,4-5,8H,3,6-7,12H2,1H3. The minimum atomic E-state index is 0.740. The maximum absolute atomic E-state index is 5.51. The molecule has 0 amide bonds. The first-order chi connectivity index (χ1) is 6.83. The summed E-state index contributed by atoms with van der Waals surface area (Å²) in [5.41, 5.74) is 7.97. The van der Waals surface area contributed by atoms with Gasteiger partial charge in [0.05, 0.1) is 11.7 Å². The van der Waals surface area contributed by atoms with Gasteiger partial charge in [0.15, 0.2) is 0 Å². The van der Waals surface area contributed by atoms with E-state index in [0.29, 0.717) is 0 Å². The van der Waals surface area contributed by atoms with Gasteiger partial charge >= 0.3 is 0 Å². The summed E-state index contributed by atoms with van der Waals surface area (Å²) >= 11 is 0. The number of hydrogen-bond acceptors (Lipinski definition) is 2. The maximum atomic E-state index is 5.51. The SMILES string of the molecule is Cc1ncc2cccc(CCCN)n12. The number of aromatic nitrogens is 2. The molecule has 0 fully saturated rings. The highest BCUT2D eigenvalue weighted by Gasteiger charge is 2.02. The number of pyridine rings is 1. The fourth-order valence-electron chi connectivity index (χ4n) is 1.76. The minimum absolute atomic E-state index is 0.740. The van der Waals surface area contributed by atoms with E-state index in [1.54, 1.807) is 0 Å². The van der Waals surface area contributed by atoms with Gasteiger partial charge in [-0.15, -0.1) is 0 Å². The van der Waals surface area contributed by atoms with Crippen LogP contribution in [0.5, 0.6) is 0 Å². The van der Waals surface area contributed by atoms with Gasteiger partial charge in [0.25, 0.3) is 0 Å². The molecule has 0 saturated heterocycles. The van der Waals surface area contributed by atoms with Crippen LogP contribution in [-0.4, -0.2) is 15.9 Å². The third kappa shape index (κ3) is 1.51. The van der Waals surface area contributed by atoms with Crippen molar-refractivity contribution in [1.82, 2.24) is 9.38 Å². The van der Waals surface area contributed by atoms with Crippen molar-refractivity contribution in [3.05, 3.63) is 35.9 Å². The molecule has 3 nitrogen and oxygen atoms in total. The minimum Gasteiger partial charge on any atom is -0.330 e. The Labute approximate surface area is 83.6 Å². The van der Waals surface area contributed by atoms with Crippen LogP contribution in [-0.2, 0) is 6.42 Å². The Balaban J connectivity index is 2.46. The zero-order valence-corrected chi connectivity index (χ0v) is 8.40. The van der Waals surface area contributed by atoms with Gasteiger partial charge < -0.3 is 10.1 Å². The molecule has 2 aromatic rings. The number of fused-ring (bicyclic) bond motifs is 1. The number of imidazole rings is 1. The van der Waals surface area contributed by atoms with Gasteiger partial charge in [-0.25, -0.2) is 4.98 Å². The fraction of sp³-hybridized carbons (Fsp3) is 0.364. The highest BCUT2D eigenvalue weighted by Crippen LogP contribution is 2.11.